The van der Waals surface area contributed by atoms with E-state index in [1.807, 2.05) is 0 Å². The van der Waals surface area contributed by atoms with Crippen molar-refractivity contribution in [3.05, 3.63) is 0 Å². The van der Waals surface area contributed by atoms with Gasteiger partial charge in [0.15, 0.2) is 0 Å². The molecule has 0 aliphatic carbocycles. The lowest BCUT2D eigenvalue weighted by molar-refractivity contribution is 0.320. The van der Waals surface area contributed by atoms with Gasteiger partial charge in [-0.15, -0.1) is 0 Å². The number of hydrogen-bond donors (Lipinski definition) is 0. The Labute approximate surface area is 81.1 Å². The molecule has 0 spiro atoms. The molecule has 1 aliphatic rings. The summed E-state index contributed by atoms with van der Waals surface area (Å²) >= 11 is 5.44. The SMILES string of the molecule is CC(C)(C)C(=S)N1CCCCC1. The standard InChI is InChI=1S/C10H19NS/c1-10(2,3)9(12)11-7-5-4-6-8-11/h4-8H2,1-3H3. The Morgan fingerprint density at radius 2 is 1.58 bits per heavy atom. The van der Waals surface area contributed by atoms with Crippen molar-refractivity contribution in [1.82, 2.24) is 4.90 Å². The van der Waals surface area contributed by atoms with Gasteiger partial charge >= 0.3 is 0 Å². The van der Waals surface area contributed by atoms with Gasteiger partial charge in [-0.3, -0.25) is 0 Å². The number of piperidine rings is 1. The van der Waals surface area contributed by atoms with Crippen LogP contribution in [0.3, 0.4) is 0 Å². The monoisotopic (exact) mass is 185 g/mol. The van der Waals surface area contributed by atoms with E-state index in [4.69, 9.17) is 12.2 Å². The van der Waals surface area contributed by atoms with Gasteiger partial charge in [-0.25, -0.2) is 0 Å². The first-order valence-electron chi connectivity index (χ1n) is 4.81. The van der Waals surface area contributed by atoms with E-state index in [2.05, 4.69) is 25.7 Å². The number of rotatable bonds is 0. The Morgan fingerprint density at radius 1 is 1.08 bits per heavy atom. The zero-order chi connectivity index (χ0) is 9.19. The Morgan fingerprint density at radius 3 is 2.00 bits per heavy atom. The molecule has 0 atom stereocenters. The Balaban J connectivity index is 2.51. The van der Waals surface area contributed by atoms with Crippen molar-refractivity contribution in [1.29, 1.82) is 0 Å². The minimum absolute atomic E-state index is 0.173. The van der Waals surface area contributed by atoms with Crippen LogP contribution >= 0.6 is 12.2 Å². The summed E-state index contributed by atoms with van der Waals surface area (Å²) in [5, 5.41) is 0. The van der Waals surface area contributed by atoms with Gasteiger partial charge in [-0.1, -0.05) is 33.0 Å². The fraction of sp³-hybridized carbons (Fsp3) is 0.900. The van der Waals surface area contributed by atoms with Gasteiger partial charge in [0.1, 0.15) is 0 Å². The minimum atomic E-state index is 0.173. The van der Waals surface area contributed by atoms with Crippen LogP contribution in [0.2, 0.25) is 0 Å². The molecule has 2 heteroatoms. The molecule has 0 amide bonds. The number of thiocarbonyl (C=S) groups is 1. The molecule has 1 rings (SSSR count). The normalized spacial score (nSPS) is 19.4. The zero-order valence-electron chi connectivity index (χ0n) is 8.39. The van der Waals surface area contributed by atoms with Gasteiger partial charge in [-0.2, -0.15) is 0 Å². The zero-order valence-corrected chi connectivity index (χ0v) is 9.21. The lowest BCUT2D eigenvalue weighted by atomic mass is 9.94. The first kappa shape index (κ1) is 9.97. The largest absolute Gasteiger partial charge is 0.366 e. The van der Waals surface area contributed by atoms with Gasteiger partial charge < -0.3 is 4.90 Å². The highest BCUT2D eigenvalue weighted by molar-refractivity contribution is 7.80. The summed E-state index contributed by atoms with van der Waals surface area (Å²) in [4.78, 5) is 3.51. The molecule has 1 nitrogen and oxygen atoms in total. The molecule has 70 valence electrons. The minimum Gasteiger partial charge on any atom is -0.366 e. The van der Waals surface area contributed by atoms with E-state index < -0.39 is 0 Å². The molecular formula is C10H19NS. The second kappa shape index (κ2) is 3.73. The van der Waals surface area contributed by atoms with Crippen LogP contribution in [0.15, 0.2) is 0 Å². The molecule has 0 aromatic carbocycles. The molecule has 1 aliphatic heterocycles. The van der Waals surface area contributed by atoms with E-state index in [1.165, 1.54) is 32.4 Å². The third kappa shape index (κ3) is 2.44. The molecule has 0 aromatic rings. The highest BCUT2D eigenvalue weighted by atomic mass is 32.1. The lowest BCUT2D eigenvalue weighted by Gasteiger charge is -2.35. The molecule has 0 radical (unpaired) electrons. The predicted molar refractivity (Wildman–Crippen MR) is 57.5 cm³/mol. The summed E-state index contributed by atoms with van der Waals surface area (Å²) in [5.41, 5.74) is 0.173. The summed E-state index contributed by atoms with van der Waals surface area (Å²) < 4.78 is 0. The molecule has 1 saturated heterocycles. The average Bonchev–Trinajstić information content (AvgIpc) is 2.03. The van der Waals surface area contributed by atoms with Crippen LogP contribution in [0.4, 0.5) is 0 Å². The maximum absolute atomic E-state index is 5.44. The molecular weight excluding hydrogens is 166 g/mol. The van der Waals surface area contributed by atoms with Gasteiger partial charge in [-0.05, 0) is 19.3 Å². The van der Waals surface area contributed by atoms with E-state index in [1.54, 1.807) is 0 Å². The quantitative estimate of drug-likeness (QED) is 0.534. The highest BCUT2D eigenvalue weighted by Crippen LogP contribution is 2.22. The number of nitrogens with zero attached hydrogens (tertiary/aromatic N) is 1. The average molecular weight is 185 g/mol. The third-order valence-electron chi connectivity index (χ3n) is 2.28. The summed E-state index contributed by atoms with van der Waals surface area (Å²) in [7, 11) is 0. The van der Waals surface area contributed by atoms with Crippen molar-refractivity contribution in [2.45, 2.75) is 40.0 Å². The Bertz CT molecular complexity index is 163. The second-order valence-electron chi connectivity index (χ2n) is 4.60. The van der Waals surface area contributed by atoms with Crippen LogP contribution in [0.1, 0.15) is 40.0 Å². The molecule has 12 heavy (non-hydrogen) atoms. The first-order valence-corrected chi connectivity index (χ1v) is 5.22. The third-order valence-corrected chi connectivity index (χ3v) is 3.16. The molecule has 0 N–H and O–H groups in total. The van der Waals surface area contributed by atoms with E-state index in [9.17, 15) is 0 Å². The van der Waals surface area contributed by atoms with Crippen LogP contribution in [0.5, 0.6) is 0 Å². The van der Waals surface area contributed by atoms with Crippen molar-refractivity contribution in [3.8, 4) is 0 Å². The Hall–Kier alpha value is -0.110. The molecule has 0 unspecified atom stereocenters. The molecule has 0 saturated carbocycles. The second-order valence-corrected chi connectivity index (χ2v) is 4.99. The van der Waals surface area contributed by atoms with Crippen LogP contribution in [0, 0.1) is 5.41 Å². The van der Waals surface area contributed by atoms with Crippen molar-refractivity contribution in [2.24, 2.45) is 5.41 Å². The first-order chi connectivity index (χ1) is 5.52. The van der Waals surface area contributed by atoms with Crippen LogP contribution in [-0.2, 0) is 0 Å². The molecule has 0 aromatic heterocycles. The van der Waals surface area contributed by atoms with E-state index >= 15 is 0 Å². The fourth-order valence-corrected chi connectivity index (χ4v) is 1.75. The van der Waals surface area contributed by atoms with Gasteiger partial charge in [0.2, 0.25) is 0 Å². The van der Waals surface area contributed by atoms with Gasteiger partial charge in [0.25, 0.3) is 0 Å². The lowest BCUT2D eigenvalue weighted by Crippen LogP contribution is -2.41. The molecule has 0 bridgehead atoms. The maximum Gasteiger partial charge on any atom is 0.0833 e. The van der Waals surface area contributed by atoms with E-state index in [-0.39, 0.29) is 5.41 Å². The highest BCUT2D eigenvalue weighted by Gasteiger charge is 2.23. The smallest absolute Gasteiger partial charge is 0.0833 e. The topological polar surface area (TPSA) is 3.24 Å². The summed E-state index contributed by atoms with van der Waals surface area (Å²) in [6.45, 7) is 8.95. The van der Waals surface area contributed by atoms with Crippen molar-refractivity contribution >= 4 is 17.2 Å². The van der Waals surface area contributed by atoms with Crippen molar-refractivity contribution < 1.29 is 0 Å². The van der Waals surface area contributed by atoms with E-state index in [0.29, 0.717) is 0 Å². The summed E-state index contributed by atoms with van der Waals surface area (Å²) in [6, 6.07) is 0. The van der Waals surface area contributed by atoms with Crippen molar-refractivity contribution in [2.75, 3.05) is 13.1 Å². The van der Waals surface area contributed by atoms with E-state index in [0.717, 1.165) is 4.99 Å². The van der Waals surface area contributed by atoms with Crippen molar-refractivity contribution in [3.63, 3.8) is 0 Å². The fourth-order valence-electron chi connectivity index (χ4n) is 1.57. The maximum atomic E-state index is 5.44. The number of hydrogen-bond acceptors (Lipinski definition) is 1. The van der Waals surface area contributed by atoms with Crippen LogP contribution in [0.25, 0.3) is 0 Å². The van der Waals surface area contributed by atoms with Gasteiger partial charge in [0.05, 0.1) is 4.99 Å². The molecule has 1 heterocycles. The van der Waals surface area contributed by atoms with Crippen LogP contribution < -0.4 is 0 Å². The summed E-state index contributed by atoms with van der Waals surface area (Å²) in [6.07, 6.45) is 4.01. The van der Waals surface area contributed by atoms with Crippen LogP contribution in [-0.4, -0.2) is 23.0 Å². The Kier molecular flexibility index (Phi) is 3.10. The van der Waals surface area contributed by atoms with Gasteiger partial charge in [0, 0.05) is 18.5 Å². The molecule has 1 fully saturated rings. The number of likely N-dealkylation sites (tertiary alicyclic amines) is 1. The summed E-state index contributed by atoms with van der Waals surface area (Å²) in [5.74, 6) is 0. The predicted octanol–water partition coefficient (Wildman–Crippen LogP) is 2.85.